The molecule has 0 spiro atoms. The van der Waals surface area contributed by atoms with Crippen molar-refractivity contribution < 1.29 is 22.7 Å². The van der Waals surface area contributed by atoms with E-state index in [1.165, 1.54) is 24.3 Å². The van der Waals surface area contributed by atoms with Crippen molar-refractivity contribution in [2.45, 2.75) is 12.2 Å². The Hall–Kier alpha value is -1.87. The largest absolute Gasteiger partial charge is 0.417 e. The number of nitrogens with zero attached hydrogens (tertiary/aromatic N) is 1. The van der Waals surface area contributed by atoms with E-state index >= 15 is 0 Å². The molecule has 2 heterocycles. The number of hydrogen-bond acceptors (Lipinski definition) is 4. The van der Waals surface area contributed by atoms with Crippen LogP contribution < -0.4 is 5.32 Å². The SMILES string of the molecule is O=C(C=Cc1ccc(Cl)c(C(F)(F)F)c1)NCC(c1cccs1)N1CCOCC1. The van der Waals surface area contributed by atoms with Crippen LogP contribution in [-0.4, -0.2) is 43.7 Å². The number of amides is 1. The average Bonchev–Trinajstić information content (AvgIpc) is 3.22. The molecule has 1 unspecified atom stereocenters. The van der Waals surface area contributed by atoms with Crippen molar-refractivity contribution in [3.63, 3.8) is 0 Å². The van der Waals surface area contributed by atoms with Crippen LogP contribution in [0.1, 0.15) is 22.0 Å². The predicted molar refractivity (Wildman–Crippen MR) is 108 cm³/mol. The number of benzene rings is 1. The number of nitrogens with one attached hydrogen (secondary N) is 1. The van der Waals surface area contributed by atoms with Gasteiger partial charge in [0.2, 0.25) is 5.91 Å². The molecule has 1 fully saturated rings. The summed E-state index contributed by atoms with van der Waals surface area (Å²) in [4.78, 5) is 15.6. The maximum absolute atomic E-state index is 12.9. The van der Waals surface area contributed by atoms with Crippen LogP contribution in [0.4, 0.5) is 13.2 Å². The van der Waals surface area contributed by atoms with Gasteiger partial charge >= 0.3 is 6.18 Å². The third kappa shape index (κ3) is 6.05. The van der Waals surface area contributed by atoms with Crippen molar-refractivity contribution in [1.29, 1.82) is 0 Å². The molecule has 0 bridgehead atoms. The van der Waals surface area contributed by atoms with Crippen LogP contribution in [0.25, 0.3) is 6.08 Å². The van der Waals surface area contributed by atoms with Crippen molar-refractivity contribution in [1.82, 2.24) is 10.2 Å². The van der Waals surface area contributed by atoms with Crippen LogP contribution in [0, 0.1) is 0 Å². The van der Waals surface area contributed by atoms with Gasteiger partial charge in [-0.05, 0) is 35.2 Å². The zero-order valence-corrected chi connectivity index (χ0v) is 17.0. The zero-order chi connectivity index (χ0) is 20.9. The Morgan fingerprint density at radius 1 is 1.31 bits per heavy atom. The smallest absolute Gasteiger partial charge is 0.379 e. The van der Waals surface area contributed by atoms with Crippen molar-refractivity contribution in [2.75, 3.05) is 32.8 Å². The molecule has 2 aromatic rings. The topological polar surface area (TPSA) is 41.6 Å². The summed E-state index contributed by atoms with van der Waals surface area (Å²) < 4.78 is 44.2. The number of hydrogen-bond donors (Lipinski definition) is 1. The summed E-state index contributed by atoms with van der Waals surface area (Å²) in [7, 11) is 0. The number of ether oxygens (including phenoxy) is 1. The lowest BCUT2D eigenvalue weighted by Gasteiger charge is -2.34. The molecule has 0 radical (unpaired) electrons. The maximum atomic E-state index is 12.9. The van der Waals surface area contributed by atoms with Gasteiger partial charge in [0.05, 0.1) is 29.8 Å². The second-order valence-corrected chi connectivity index (χ2v) is 7.88. The number of rotatable bonds is 6. The van der Waals surface area contributed by atoms with Gasteiger partial charge in [0.25, 0.3) is 0 Å². The van der Waals surface area contributed by atoms with Gasteiger partial charge in [0.1, 0.15) is 0 Å². The lowest BCUT2D eigenvalue weighted by atomic mass is 10.1. The minimum absolute atomic E-state index is 0.0311. The van der Waals surface area contributed by atoms with E-state index in [4.69, 9.17) is 16.3 Å². The molecule has 3 rings (SSSR count). The van der Waals surface area contributed by atoms with Gasteiger partial charge < -0.3 is 10.1 Å². The molecule has 1 atom stereocenters. The van der Waals surface area contributed by atoms with Gasteiger partial charge in [-0.1, -0.05) is 23.7 Å². The Morgan fingerprint density at radius 2 is 2.07 bits per heavy atom. The second kappa shape index (κ2) is 9.75. The van der Waals surface area contributed by atoms with E-state index in [1.807, 2.05) is 17.5 Å². The molecule has 0 saturated carbocycles. The van der Waals surface area contributed by atoms with E-state index in [1.54, 1.807) is 11.3 Å². The Labute approximate surface area is 175 Å². The summed E-state index contributed by atoms with van der Waals surface area (Å²) in [5.74, 6) is -0.372. The number of alkyl halides is 3. The van der Waals surface area contributed by atoms with Crippen molar-refractivity contribution in [3.05, 3.63) is 62.8 Å². The molecule has 1 aliphatic rings. The minimum Gasteiger partial charge on any atom is -0.379 e. The number of halogens is 4. The van der Waals surface area contributed by atoms with Crippen molar-refractivity contribution >= 4 is 34.9 Å². The highest BCUT2D eigenvalue weighted by Crippen LogP contribution is 2.35. The van der Waals surface area contributed by atoms with Crippen LogP contribution in [0.5, 0.6) is 0 Å². The van der Waals surface area contributed by atoms with Gasteiger partial charge in [-0.25, -0.2) is 0 Å². The van der Waals surface area contributed by atoms with Gasteiger partial charge in [-0.3, -0.25) is 9.69 Å². The predicted octanol–water partition coefficient (Wildman–Crippen LogP) is 4.62. The quantitative estimate of drug-likeness (QED) is 0.661. The molecule has 1 aliphatic heterocycles. The molecule has 1 N–H and O–H groups in total. The summed E-state index contributed by atoms with van der Waals surface area (Å²) in [5, 5.41) is 4.46. The van der Waals surface area contributed by atoms with E-state index in [0.717, 1.165) is 24.0 Å². The Kier molecular flexibility index (Phi) is 7.34. The van der Waals surface area contributed by atoms with Gasteiger partial charge in [0.15, 0.2) is 0 Å². The third-order valence-corrected chi connectivity index (χ3v) is 5.85. The molecular formula is C20H20ClF3N2O2S. The van der Waals surface area contributed by atoms with E-state index in [2.05, 4.69) is 10.2 Å². The summed E-state index contributed by atoms with van der Waals surface area (Å²) in [6.45, 7) is 3.25. The lowest BCUT2D eigenvalue weighted by Crippen LogP contribution is -2.43. The highest BCUT2D eigenvalue weighted by atomic mass is 35.5. The third-order valence-electron chi connectivity index (χ3n) is 4.55. The first-order valence-corrected chi connectivity index (χ1v) is 10.3. The zero-order valence-electron chi connectivity index (χ0n) is 15.4. The van der Waals surface area contributed by atoms with Crippen LogP contribution >= 0.6 is 22.9 Å². The summed E-state index contributed by atoms with van der Waals surface area (Å²) in [5.41, 5.74) is -0.674. The number of carbonyl (C=O) groups is 1. The van der Waals surface area contributed by atoms with Crippen LogP contribution in [-0.2, 0) is 15.7 Å². The standard InChI is InChI=1S/C20H20ClF3N2O2S/c21-16-5-3-14(12-15(16)20(22,23)24)4-6-19(27)25-13-17(18-2-1-11-29-18)26-7-9-28-10-8-26/h1-6,11-12,17H,7-10,13H2,(H,25,27). The van der Waals surface area contributed by atoms with Gasteiger partial charge in [-0.2, -0.15) is 13.2 Å². The molecule has 1 aromatic heterocycles. The molecule has 156 valence electrons. The van der Waals surface area contributed by atoms with E-state index in [-0.39, 0.29) is 22.5 Å². The number of thiophene rings is 1. The lowest BCUT2D eigenvalue weighted by molar-refractivity contribution is -0.137. The summed E-state index contributed by atoms with van der Waals surface area (Å²) in [6.07, 6.45) is -1.97. The van der Waals surface area contributed by atoms with E-state index < -0.39 is 11.7 Å². The van der Waals surface area contributed by atoms with Gasteiger partial charge in [0, 0.05) is 30.6 Å². The molecule has 4 nitrogen and oxygen atoms in total. The number of carbonyl (C=O) groups excluding carboxylic acids is 1. The van der Waals surface area contributed by atoms with Crippen LogP contribution in [0.2, 0.25) is 5.02 Å². The van der Waals surface area contributed by atoms with E-state index in [9.17, 15) is 18.0 Å². The van der Waals surface area contributed by atoms with E-state index in [0.29, 0.717) is 19.8 Å². The fourth-order valence-corrected chi connectivity index (χ4v) is 4.16. The first-order chi connectivity index (χ1) is 13.8. The Balaban J connectivity index is 1.63. The Morgan fingerprint density at radius 3 is 2.72 bits per heavy atom. The molecule has 0 aliphatic carbocycles. The fraction of sp³-hybridized carbons (Fsp3) is 0.350. The molecule has 1 saturated heterocycles. The second-order valence-electron chi connectivity index (χ2n) is 6.50. The molecule has 29 heavy (non-hydrogen) atoms. The van der Waals surface area contributed by atoms with Crippen LogP contribution in [0.3, 0.4) is 0 Å². The highest BCUT2D eigenvalue weighted by Gasteiger charge is 2.33. The molecule has 9 heteroatoms. The normalized spacial score (nSPS) is 16.8. The van der Waals surface area contributed by atoms with Crippen molar-refractivity contribution in [2.24, 2.45) is 0 Å². The van der Waals surface area contributed by atoms with Crippen LogP contribution in [0.15, 0.2) is 41.8 Å². The monoisotopic (exact) mass is 444 g/mol. The fourth-order valence-electron chi connectivity index (χ4n) is 3.07. The minimum atomic E-state index is -4.55. The maximum Gasteiger partial charge on any atom is 0.417 e. The Bertz CT molecular complexity index is 850. The summed E-state index contributed by atoms with van der Waals surface area (Å²) in [6, 6.07) is 7.56. The molecule has 1 aromatic carbocycles. The highest BCUT2D eigenvalue weighted by molar-refractivity contribution is 7.10. The number of morpholine rings is 1. The van der Waals surface area contributed by atoms with Gasteiger partial charge in [-0.15, -0.1) is 11.3 Å². The first-order valence-electron chi connectivity index (χ1n) is 9.02. The first kappa shape index (κ1) is 21.8. The van der Waals surface area contributed by atoms with Crippen molar-refractivity contribution in [3.8, 4) is 0 Å². The summed E-state index contributed by atoms with van der Waals surface area (Å²) >= 11 is 7.24. The molecular weight excluding hydrogens is 425 g/mol. The molecule has 1 amide bonds. The average molecular weight is 445 g/mol.